The molecule has 0 bridgehead atoms. The number of carbonyl (C=O) groups is 2. The zero-order valence-electron chi connectivity index (χ0n) is 16.4. The van der Waals surface area contributed by atoms with Gasteiger partial charge < -0.3 is 10.6 Å². The van der Waals surface area contributed by atoms with Crippen molar-refractivity contribution in [3.63, 3.8) is 0 Å². The molecule has 0 radical (unpaired) electrons. The van der Waals surface area contributed by atoms with Gasteiger partial charge in [0.15, 0.2) is 0 Å². The fraction of sp³-hybridized carbons (Fsp3) is 0.0909. The predicted molar refractivity (Wildman–Crippen MR) is 131 cm³/mol. The number of anilines is 2. The smallest absolute Gasteiger partial charge is 0.331 e. The van der Waals surface area contributed by atoms with Gasteiger partial charge in [0.1, 0.15) is 11.6 Å². The van der Waals surface area contributed by atoms with Crippen LogP contribution in [0.5, 0.6) is 0 Å². The average Bonchev–Trinajstić information content (AvgIpc) is 2.77. The van der Waals surface area contributed by atoms with Crippen molar-refractivity contribution in [2.75, 3.05) is 16.2 Å². The molecule has 0 fully saturated rings. The van der Waals surface area contributed by atoms with Crippen LogP contribution in [-0.4, -0.2) is 18.5 Å². The van der Waals surface area contributed by atoms with Crippen molar-refractivity contribution < 1.29 is 18.4 Å². The van der Waals surface area contributed by atoms with E-state index in [0.29, 0.717) is 33.3 Å². The minimum absolute atomic E-state index is 0.0910. The van der Waals surface area contributed by atoms with Crippen molar-refractivity contribution in [2.45, 2.75) is 6.42 Å². The molecule has 0 spiro atoms. The van der Waals surface area contributed by atoms with Crippen LogP contribution in [0.15, 0.2) is 69.6 Å². The molecule has 3 rings (SSSR count). The van der Waals surface area contributed by atoms with E-state index >= 15 is 0 Å². The molecule has 0 saturated carbocycles. The molecule has 5 nitrogen and oxygen atoms in total. The molecule has 0 unspecified atom stereocenters. The Morgan fingerprint density at radius 1 is 0.969 bits per heavy atom. The molecule has 10 heteroatoms. The molecule has 3 amide bonds. The monoisotopic (exact) mass is 583 g/mol. The molecular weight excluding hydrogens is 568 g/mol. The molecule has 0 aliphatic heterocycles. The van der Waals surface area contributed by atoms with Crippen molar-refractivity contribution in [2.24, 2.45) is 0 Å². The largest absolute Gasteiger partial charge is 0.337 e. The molecule has 0 aliphatic carbocycles. The van der Waals surface area contributed by atoms with Gasteiger partial charge in [-0.05, 0) is 80.2 Å². The number of urea groups is 1. The third kappa shape index (κ3) is 6.08. The highest BCUT2D eigenvalue weighted by atomic mass is 79.9. The molecule has 0 aliphatic rings. The maximum atomic E-state index is 13.9. The molecule has 0 saturated heterocycles. The second kappa shape index (κ2) is 10.9. The predicted octanol–water partition coefficient (Wildman–Crippen LogP) is 6.35. The van der Waals surface area contributed by atoms with Crippen molar-refractivity contribution >= 4 is 68.0 Å². The Hall–Kier alpha value is -2.43. The molecule has 32 heavy (non-hydrogen) atoms. The van der Waals surface area contributed by atoms with Crippen LogP contribution in [0.1, 0.15) is 15.9 Å². The quantitative estimate of drug-likeness (QED) is 0.296. The summed E-state index contributed by atoms with van der Waals surface area (Å²) in [7, 11) is 0. The van der Waals surface area contributed by atoms with Gasteiger partial charge >= 0.3 is 6.03 Å². The highest BCUT2D eigenvalue weighted by Crippen LogP contribution is 2.36. The zero-order valence-corrected chi connectivity index (χ0v) is 20.5. The SMILES string of the molecule is O=C(Nc1c(Br)cc(N(S)C(=O)NCCc2ccc(F)cc2)cc1Br)c1ccccc1F. The molecule has 0 atom stereocenters. The molecular formula is C22H17Br2F2N3O2S. The van der Waals surface area contributed by atoms with Gasteiger partial charge in [0.25, 0.3) is 5.91 Å². The third-order valence-electron chi connectivity index (χ3n) is 4.42. The molecule has 3 aromatic carbocycles. The lowest BCUT2D eigenvalue weighted by molar-refractivity contribution is 0.102. The van der Waals surface area contributed by atoms with E-state index in [1.165, 1.54) is 30.3 Å². The molecule has 166 valence electrons. The number of benzene rings is 3. The topological polar surface area (TPSA) is 61.4 Å². The second-order valence-electron chi connectivity index (χ2n) is 6.64. The third-order valence-corrected chi connectivity index (χ3v) is 6.09. The van der Waals surface area contributed by atoms with Crippen LogP contribution in [-0.2, 0) is 6.42 Å². The Morgan fingerprint density at radius 2 is 1.59 bits per heavy atom. The van der Waals surface area contributed by atoms with E-state index in [2.05, 4.69) is 55.3 Å². The normalized spacial score (nSPS) is 10.5. The van der Waals surface area contributed by atoms with E-state index in [-0.39, 0.29) is 11.4 Å². The first kappa shape index (κ1) is 24.2. The number of halogens is 4. The summed E-state index contributed by atoms with van der Waals surface area (Å²) in [6.07, 6.45) is 0.530. The molecule has 0 aromatic heterocycles. The van der Waals surface area contributed by atoms with Gasteiger partial charge in [0.05, 0.1) is 16.9 Å². The maximum Gasteiger partial charge on any atom is 0.331 e. The fourth-order valence-corrected chi connectivity index (χ4v) is 4.33. The van der Waals surface area contributed by atoms with Crippen LogP contribution in [0.25, 0.3) is 0 Å². The summed E-state index contributed by atoms with van der Waals surface area (Å²) >= 11 is 11.0. The molecule has 2 N–H and O–H groups in total. The first-order chi connectivity index (χ1) is 15.3. The van der Waals surface area contributed by atoms with Crippen molar-refractivity contribution in [3.8, 4) is 0 Å². The summed E-state index contributed by atoms with van der Waals surface area (Å²) in [4.78, 5) is 24.8. The van der Waals surface area contributed by atoms with Gasteiger partial charge in [-0.1, -0.05) is 37.1 Å². The summed E-state index contributed by atoms with van der Waals surface area (Å²) in [6, 6.07) is 14.4. The molecule has 0 heterocycles. The summed E-state index contributed by atoms with van der Waals surface area (Å²) in [5.41, 5.74) is 1.60. The van der Waals surface area contributed by atoms with Crippen molar-refractivity contribution in [3.05, 3.63) is 92.4 Å². The van der Waals surface area contributed by atoms with Gasteiger partial charge in [-0.15, -0.1) is 0 Å². The first-order valence-electron chi connectivity index (χ1n) is 9.32. The Morgan fingerprint density at radius 3 is 2.22 bits per heavy atom. The minimum Gasteiger partial charge on any atom is -0.337 e. The Bertz CT molecular complexity index is 1120. The second-order valence-corrected chi connectivity index (χ2v) is 8.75. The van der Waals surface area contributed by atoms with E-state index < -0.39 is 17.8 Å². The van der Waals surface area contributed by atoms with Gasteiger partial charge in [0.2, 0.25) is 0 Å². The van der Waals surface area contributed by atoms with Gasteiger partial charge in [-0.3, -0.25) is 4.79 Å². The Kier molecular flexibility index (Phi) is 8.27. The van der Waals surface area contributed by atoms with E-state index in [0.717, 1.165) is 9.87 Å². The van der Waals surface area contributed by atoms with E-state index in [1.807, 2.05) is 0 Å². The van der Waals surface area contributed by atoms with Crippen molar-refractivity contribution in [1.29, 1.82) is 0 Å². The number of thiol groups is 1. The summed E-state index contributed by atoms with van der Waals surface area (Å²) < 4.78 is 28.9. The summed E-state index contributed by atoms with van der Waals surface area (Å²) in [5.74, 6) is -1.56. The fourth-order valence-electron chi connectivity index (χ4n) is 2.78. The van der Waals surface area contributed by atoms with Crippen LogP contribution in [0.2, 0.25) is 0 Å². The number of amides is 3. The molecule has 3 aromatic rings. The Labute approximate surface area is 206 Å². The summed E-state index contributed by atoms with van der Waals surface area (Å²) in [6.45, 7) is 0.334. The van der Waals surface area contributed by atoms with Gasteiger partial charge in [-0.25, -0.2) is 17.9 Å². The first-order valence-corrected chi connectivity index (χ1v) is 11.3. The lowest BCUT2D eigenvalue weighted by Gasteiger charge is -2.19. The number of hydrogen-bond acceptors (Lipinski definition) is 3. The lowest BCUT2D eigenvalue weighted by atomic mass is 10.1. The van der Waals surface area contributed by atoms with Gasteiger partial charge in [0, 0.05) is 15.5 Å². The van der Waals surface area contributed by atoms with E-state index in [1.54, 1.807) is 30.3 Å². The number of carbonyl (C=O) groups excluding carboxylic acids is 2. The highest BCUT2D eigenvalue weighted by Gasteiger charge is 2.18. The highest BCUT2D eigenvalue weighted by molar-refractivity contribution is 9.11. The maximum absolute atomic E-state index is 13.9. The van der Waals surface area contributed by atoms with Crippen LogP contribution in [0, 0.1) is 11.6 Å². The zero-order chi connectivity index (χ0) is 23.3. The van der Waals surface area contributed by atoms with Gasteiger partial charge in [-0.2, -0.15) is 0 Å². The average molecular weight is 585 g/mol. The standard InChI is InChI=1S/C22H17Br2F2N3O2S/c23-17-11-15(29(32)22(31)27-10-9-13-5-7-14(25)8-6-13)12-18(24)20(17)28-21(30)16-3-1-2-4-19(16)26/h1-8,11-12,32H,9-10H2,(H,27,31)(H,28,30). The lowest BCUT2D eigenvalue weighted by Crippen LogP contribution is -2.35. The van der Waals surface area contributed by atoms with E-state index in [4.69, 9.17) is 0 Å². The minimum atomic E-state index is -0.632. The van der Waals surface area contributed by atoms with Crippen LogP contribution >= 0.6 is 44.7 Å². The van der Waals surface area contributed by atoms with Crippen LogP contribution in [0.4, 0.5) is 25.0 Å². The Balaban J connectivity index is 1.65. The number of nitrogens with one attached hydrogen (secondary N) is 2. The van der Waals surface area contributed by atoms with Crippen LogP contribution in [0.3, 0.4) is 0 Å². The number of nitrogens with zero attached hydrogens (tertiary/aromatic N) is 1. The van der Waals surface area contributed by atoms with Crippen LogP contribution < -0.4 is 14.9 Å². The summed E-state index contributed by atoms with van der Waals surface area (Å²) in [5, 5.41) is 5.38. The van der Waals surface area contributed by atoms with E-state index in [9.17, 15) is 18.4 Å². The number of rotatable bonds is 6. The van der Waals surface area contributed by atoms with Crippen molar-refractivity contribution in [1.82, 2.24) is 5.32 Å². The number of hydrogen-bond donors (Lipinski definition) is 3.